The van der Waals surface area contributed by atoms with Crippen molar-refractivity contribution < 1.29 is 0 Å². The van der Waals surface area contributed by atoms with Crippen LogP contribution in [0.3, 0.4) is 0 Å². The summed E-state index contributed by atoms with van der Waals surface area (Å²) >= 11 is 1.67. The molecule has 0 radical (unpaired) electrons. The van der Waals surface area contributed by atoms with Crippen LogP contribution in [0, 0.1) is 5.92 Å². The molecular formula is C17H20N6S. The highest BCUT2D eigenvalue weighted by molar-refractivity contribution is 7.07. The number of nitrogens with one attached hydrogen (secondary N) is 1. The molecule has 0 aromatic carbocycles. The van der Waals surface area contributed by atoms with E-state index in [0.717, 1.165) is 43.3 Å². The van der Waals surface area contributed by atoms with Crippen molar-refractivity contribution in [2.75, 3.05) is 13.1 Å². The van der Waals surface area contributed by atoms with Crippen LogP contribution in [0.15, 0.2) is 35.7 Å². The molecule has 3 aromatic rings. The van der Waals surface area contributed by atoms with Gasteiger partial charge in [-0.05, 0) is 31.7 Å². The number of nitrogens with zero attached hydrogens (tertiary/aromatic N) is 5. The van der Waals surface area contributed by atoms with E-state index in [9.17, 15) is 0 Å². The number of likely N-dealkylation sites (tertiary alicyclic amines) is 1. The van der Waals surface area contributed by atoms with Gasteiger partial charge in [-0.3, -0.25) is 9.88 Å². The zero-order valence-electron chi connectivity index (χ0n) is 13.4. The monoisotopic (exact) mass is 340 g/mol. The van der Waals surface area contributed by atoms with Crippen molar-refractivity contribution in [2.24, 2.45) is 5.92 Å². The van der Waals surface area contributed by atoms with E-state index in [2.05, 4.69) is 35.2 Å². The van der Waals surface area contributed by atoms with Crippen molar-refractivity contribution >= 4 is 11.3 Å². The molecule has 24 heavy (non-hydrogen) atoms. The van der Waals surface area contributed by atoms with Gasteiger partial charge in [0, 0.05) is 43.3 Å². The first-order chi connectivity index (χ1) is 11.9. The Bertz CT molecular complexity index is 755. The Morgan fingerprint density at radius 3 is 2.96 bits per heavy atom. The predicted molar refractivity (Wildman–Crippen MR) is 93.4 cm³/mol. The van der Waals surface area contributed by atoms with E-state index in [1.165, 1.54) is 18.5 Å². The molecule has 4 heterocycles. The minimum atomic E-state index is 0.600. The van der Waals surface area contributed by atoms with Crippen LogP contribution in [-0.4, -0.2) is 42.9 Å². The highest BCUT2D eigenvalue weighted by Gasteiger charge is 2.23. The molecule has 7 heteroatoms. The van der Waals surface area contributed by atoms with Gasteiger partial charge in [0.2, 0.25) is 0 Å². The van der Waals surface area contributed by atoms with E-state index in [1.54, 1.807) is 29.9 Å². The first-order valence-corrected chi connectivity index (χ1v) is 9.22. The first kappa shape index (κ1) is 15.4. The molecule has 1 aliphatic heterocycles. The minimum Gasteiger partial charge on any atom is -0.343 e. The van der Waals surface area contributed by atoms with Crippen molar-refractivity contribution in [2.45, 2.75) is 25.8 Å². The first-order valence-electron chi connectivity index (χ1n) is 8.27. The number of imidazole rings is 1. The third kappa shape index (κ3) is 3.52. The van der Waals surface area contributed by atoms with E-state index >= 15 is 0 Å². The third-order valence-electron chi connectivity index (χ3n) is 4.45. The number of hydrogen-bond acceptors (Lipinski definition) is 6. The predicted octanol–water partition coefficient (Wildman–Crippen LogP) is 2.78. The fourth-order valence-electron chi connectivity index (χ4n) is 3.39. The van der Waals surface area contributed by atoms with E-state index < -0.39 is 0 Å². The smallest absolute Gasteiger partial charge is 0.157 e. The zero-order chi connectivity index (χ0) is 16.2. The number of thiazole rings is 1. The fourth-order valence-corrected chi connectivity index (χ4v) is 3.94. The molecule has 3 aromatic heterocycles. The summed E-state index contributed by atoms with van der Waals surface area (Å²) in [6, 6.07) is 0. The maximum absolute atomic E-state index is 4.58. The van der Waals surface area contributed by atoms with Crippen LogP contribution in [0.5, 0.6) is 0 Å². The fraction of sp³-hybridized carbons (Fsp3) is 0.412. The maximum Gasteiger partial charge on any atom is 0.157 e. The van der Waals surface area contributed by atoms with Crippen LogP contribution in [0.25, 0.3) is 11.5 Å². The Balaban J connectivity index is 1.45. The highest BCUT2D eigenvalue weighted by atomic mass is 32.1. The van der Waals surface area contributed by atoms with Gasteiger partial charge in [0.25, 0.3) is 0 Å². The van der Waals surface area contributed by atoms with Gasteiger partial charge in [0.1, 0.15) is 5.69 Å². The quantitative estimate of drug-likeness (QED) is 0.773. The van der Waals surface area contributed by atoms with Gasteiger partial charge < -0.3 is 4.98 Å². The number of piperidine rings is 1. The lowest BCUT2D eigenvalue weighted by molar-refractivity contribution is 0.165. The van der Waals surface area contributed by atoms with Gasteiger partial charge in [-0.15, -0.1) is 11.3 Å². The largest absolute Gasteiger partial charge is 0.343 e. The molecule has 0 amide bonds. The summed E-state index contributed by atoms with van der Waals surface area (Å²) in [5.41, 5.74) is 5.00. The van der Waals surface area contributed by atoms with Gasteiger partial charge in [-0.1, -0.05) is 0 Å². The van der Waals surface area contributed by atoms with Crippen LogP contribution in [0.1, 0.15) is 24.2 Å². The third-order valence-corrected chi connectivity index (χ3v) is 5.09. The van der Waals surface area contributed by atoms with Crippen molar-refractivity contribution in [3.8, 4) is 11.5 Å². The number of rotatable bonds is 5. The van der Waals surface area contributed by atoms with Crippen LogP contribution in [0.2, 0.25) is 0 Å². The van der Waals surface area contributed by atoms with Crippen LogP contribution >= 0.6 is 11.3 Å². The summed E-state index contributed by atoms with van der Waals surface area (Å²) in [6.45, 7) is 3.19. The van der Waals surface area contributed by atoms with Gasteiger partial charge in [-0.25, -0.2) is 15.0 Å². The van der Waals surface area contributed by atoms with Crippen LogP contribution in [-0.2, 0) is 13.0 Å². The van der Waals surface area contributed by atoms with Crippen molar-refractivity contribution in [3.63, 3.8) is 0 Å². The Morgan fingerprint density at radius 1 is 1.17 bits per heavy atom. The minimum absolute atomic E-state index is 0.600. The molecule has 1 atom stereocenters. The molecule has 0 unspecified atom stereocenters. The molecule has 124 valence electrons. The van der Waals surface area contributed by atoms with Crippen molar-refractivity contribution in [3.05, 3.63) is 47.1 Å². The highest BCUT2D eigenvalue weighted by Crippen LogP contribution is 2.24. The zero-order valence-corrected chi connectivity index (χ0v) is 14.2. The number of H-pyrrole nitrogens is 1. The average Bonchev–Trinajstić information content (AvgIpc) is 3.29. The average molecular weight is 340 g/mol. The Morgan fingerprint density at radius 2 is 2.12 bits per heavy atom. The molecule has 0 saturated carbocycles. The van der Waals surface area contributed by atoms with E-state index in [0.29, 0.717) is 5.92 Å². The van der Waals surface area contributed by atoms with Gasteiger partial charge in [-0.2, -0.15) is 0 Å². The number of aromatic amines is 1. The lowest BCUT2D eigenvalue weighted by Gasteiger charge is -2.32. The topological polar surface area (TPSA) is 70.6 Å². The summed E-state index contributed by atoms with van der Waals surface area (Å²) in [6.07, 6.45) is 10.5. The molecule has 0 bridgehead atoms. The Hall–Kier alpha value is -2.12. The summed E-state index contributed by atoms with van der Waals surface area (Å²) in [4.78, 5) is 23.4. The van der Waals surface area contributed by atoms with E-state index in [1.807, 2.05) is 11.7 Å². The number of aromatic nitrogens is 5. The van der Waals surface area contributed by atoms with Crippen molar-refractivity contribution in [1.82, 2.24) is 29.8 Å². The molecule has 1 aliphatic rings. The second-order valence-corrected chi connectivity index (χ2v) is 6.94. The van der Waals surface area contributed by atoms with Crippen LogP contribution in [0.4, 0.5) is 0 Å². The second kappa shape index (κ2) is 7.19. The van der Waals surface area contributed by atoms with Gasteiger partial charge >= 0.3 is 0 Å². The molecule has 0 spiro atoms. The standard InChI is InChI=1S/C17H20N6S/c1-2-13(9-23(7-1)10-14-11-24-12-22-14)8-15-16(19-4-3-18-15)17-20-5-6-21-17/h3-6,11-13H,1-2,7-10H2,(H,20,21)/t13-/m0/s1. The summed E-state index contributed by atoms with van der Waals surface area (Å²) in [5, 5.41) is 2.14. The van der Waals surface area contributed by atoms with E-state index in [4.69, 9.17) is 0 Å². The molecule has 1 saturated heterocycles. The van der Waals surface area contributed by atoms with Crippen LogP contribution < -0.4 is 0 Å². The molecule has 1 N–H and O–H groups in total. The Labute approximate surface area is 145 Å². The van der Waals surface area contributed by atoms with E-state index in [-0.39, 0.29) is 0 Å². The molecule has 1 fully saturated rings. The van der Waals surface area contributed by atoms with Gasteiger partial charge in [0.05, 0.1) is 16.9 Å². The summed E-state index contributed by atoms with van der Waals surface area (Å²) in [5.74, 6) is 1.40. The maximum atomic E-state index is 4.58. The SMILES string of the molecule is c1c[nH]c(-c2nccnc2C[C@@H]2CCCN(Cc3cscn3)C2)n1. The number of hydrogen-bond donors (Lipinski definition) is 1. The normalized spacial score (nSPS) is 18.8. The molecule has 0 aliphatic carbocycles. The molecular weight excluding hydrogens is 320 g/mol. The summed E-state index contributed by atoms with van der Waals surface area (Å²) < 4.78 is 0. The molecule has 6 nitrogen and oxygen atoms in total. The molecule has 4 rings (SSSR count). The second-order valence-electron chi connectivity index (χ2n) is 6.22. The lowest BCUT2D eigenvalue weighted by atomic mass is 9.92. The summed E-state index contributed by atoms with van der Waals surface area (Å²) in [7, 11) is 0. The Kier molecular flexibility index (Phi) is 4.62. The lowest BCUT2D eigenvalue weighted by Crippen LogP contribution is -2.36. The van der Waals surface area contributed by atoms with Crippen molar-refractivity contribution in [1.29, 1.82) is 0 Å². The van der Waals surface area contributed by atoms with Gasteiger partial charge in [0.15, 0.2) is 5.82 Å².